The minimum Gasteiger partial charge on any atom is -0.329 e. The second-order valence-electron chi connectivity index (χ2n) is 6.21. The van der Waals surface area contributed by atoms with Crippen molar-refractivity contribution < 1.29 is 0 Å². The Morgan fingerprint density at radius 1 is 1.53 bits per heavy atom. The minimum absolute atomic E-state index is 0.207. The van der Waals surface area contributed by atoms with E-state index in [9.17, 15) is 0 Å². The lowest BCUT2D eigenvalue weighted by Crippen LogP contribution is -2.62. The van der Waals surface area contributed by atoms with Crippen molar-refractivity contribution in [2.24, 2.45) is 5.73 Å². The Morgan fingerprint density at radius 2 is 2.37 bits per heavy atom. The van der Waals surface area contributed by atoms with Gasteiger partial charge in [-0.2, -0.15) is 0 Å². The van der Waals surface area contributed by atoms with E-state index in [0.29, 0.717) is 0 Å². The van der Waals surface area contributed by atoms with Gasteiger partial charge in [-0.1, -0.05) is 6.07 Å². The zero-order chi connectivity index (χ0) is 13.3. The van der Waals surface area contributed by atoms with E-state index >= 15 is 0 Å². The van der Waals surface area contributed by atoms with Crippen LogP contribution in [-0.4, -0.2) is 48.1 Å². The normalized spacial score (nSPS) is 29.0. The van der Waals surface area contributed by atoms with E-state index in [2.05, 4.69) is 34.4 Å². The van der Waals surface area contributed by atoms with Crippen molar-refractivity contribution in [2.75, 3.05) is 26.7 Å². The molecule has 0 radical (unpaired) electrons. The van der Waals surface area contributed by atoms with Crippen LogP contribution in [0.2, 0.25) is 0 Å². The second kappa shape index (κ2) is 5.52. The molecule has 4 heteroatoms. The van der Waals surface area contributed by atoms with E-state index in [0.717, 1.165) is 25.7 Å². The first kappa shape index (κ1) is 13.6. The van der Waals surface area contributed by atoms with Gasteiger partial charge in [0.2, 0.25) is 0 Å². The Bertz CT molecular complexity index is 402. The Kier molecular flexibility index (Phi) is 3.94. The molecule has 1 unspecified atom stereocenters. The molecule has 1 saturated carbocycles. The summed E-state index contributed by atoms with van der Waals surface area (Å²) in [5.41, 5.74) is 6.44. The fourth-order valence-electron chi connectivity index (χ4n) is 3.50. The number of likely N-dealkylation sites (N-methyl/N-ethyl adjacent to an activating group) is 1. The lowest BCUT2D eigenvalue weighted by atomic mass is 9.87. The zero-order valence-electron chi connectivity index (χ0n) is 11.8. The highest BCUT2D eigenvalue weighted by atomic mass is 32.1. The molecule has 1 saturated heterocycles. The number of hydrogen-bond donors (Lipinski definition) is 1. The fourth-order valence-corrected chi connectivity index (χ4v) is 4.20. The van der Waals surface area contributed by atoms with Crippen molar-refractivity contribution in [3.63, 3.8) is 0 Å². The maximum atomic E-state index is 6.23. The van der Waals surface area contributed by atoms with Crippen LogP contribution in [0.5, 0.6) is 0 Å². The monoisotopic (exact) mass is 279 g/mol. The Morgan fingerprint density at radius 3 is 2.95 bits per heavy atom. The lowest BCUT2D eigenvalue weighted by Gasteiger charge is -2.49. The predicted octanol–water partition coefficient (Wildman–Crippen LogP) is 2.14. The van der Waals surface area contributed by atoms with Gasteiger partial charge in [0.15, 0.2) is 0 Å². The van der Waals surface area contributed by atoms with E-state index in [1.54, 1.807) is 0 Å². The molecule has 3 rings (SSSR count). The van der Waals surface area contributed by atoms with E-state index in [1.165, 1.54) is 37.1 Å². The van der Waals surface area contributed by atoms with E-state index in [4.69, 9.17) is 5.73 Å². The van der Waals surface area contributed by atoms with Gasteiger partial charge in [0.05, 0.1) is 0 Å². The highest BCUT2D eigenvalue weighted by Crippen LogP contribution is 2.38. The Labute approximate surface area is 120 Å². The van der Waals surface area contributed by atoms with Gasteiger partial charge < -0.3 is 10.6 Å². The summed E-state index contributed by atoms with van der Waals surface area (Å²) in [5, 5.41) is 2.18. The SMILES string of the molecule is CN1CCCC(CN)(N(Cc2cccs2)C2CC2)C1. The summed E-state index contributed by atoms with van der Waals surface area (Å²) in [7, 11) is 2.24. The molecular formula is C15H25N3S. The average Bonchev–Trinajstić information content (AvgIpc) is 3.12. The highest BCUT2D eigenvalue weighted by Gasteiger charge is 2.45. The third-order valence-electron chi connectivity index (χ3n) is 4.63. The second-order valence-corrected chi connectivity index (χ2v) is 7.24. The highest BCUT2D eigenvalue weighted by molar-refractivity contribution is 7.09. The average molecular weight is 279 g/mol. The maximum Gasteiger partial charge on any atom is 0.0465 e. The van der Waals surface area contributed by atoms with Crippen LogP contribution < -0.4 is 5.73 Å². The largest absolute Gasteiger partial charge is 0.329 e. The van der Waals surface area contributed by atoms with Crippen LogP contribution in [0.1, 0.15) is 30.6 Å². The minimum atomic E-state index is 0.207. The Balaban J connectivity index is 1.80. The van der Waals surface area contributed by atoms with Gasteiger partial charge in [0.25, 0.3) is 0 Å². The summed E-state index contributed by atoms with van der Waals surface area (Å²) < 4.78 is 0. The van der Waals surface area contributed by atoms with Gasteiger partial charge >= 0.3 is 0 Å². The van der Waals surface area contributed by atoms with Crippen LogP contribution in [0.4, 0.5) is 0 Å². The van der Waals surface area contributed by atoms with Gasteiger partial charge in [-0.25, -0.2) is 0 Å². The summed E-state index contributed by atoms with van der Waals surface area (Å²) in [6, 6.07) is 5.20. The van der Waals surface area contributed by atoms with E-state index in [-0.39, 0.29) is 5.54 Å². The first-order chi connectivity index (χ1) is 9.23. The Hall–Kier alpha value is -0.420. The van der Waals surface area contributed by atoms with Crippen LogP contribution in [0.15, 0.2) is 17.5 Å². The molecule has 106 valence electrons. The number of piperidine rings is 1. The first-order valence-corrected chi connectivity index (χ1v) is 8.29. The van der Waals surface area contributed by atoms with Crippen molar-refractivity contribution in [3.8, 4) is 0 Å². The number of thiophene rings is 1. The molecule has 0 aromatic carbocycles. The number of likely N-dealkylation sites (tertiary alicyclic amines) is 1. The number of hydrogen-bond acceptors (Lipinski definition) is 4. The molecule has 2 fully saturated rings. The fraction of sp³-hybridized carbons (Fsp3) is 0.733. The van der Waals surface area contributed by atoms with Gasteiger partial charge in [0.1, 0.15) is 0 Å². The summed E-state index contributed by atoms with van der Waals surface area (Å²) in [4.78, 5) is 6.67. The molecule has 1 aromatic rings. The van der Waals surface area contributed by atoms with Crippen LogP contribution in [0, 0.1) is 0 Å². The first-order valence-electron chi connectivity index (χ1n) is 7.41. The number of nitrogens with zero attached hydrogens (tertiary/aromatic N) is 2. The lowest BCUT2D eigenvalue weighted by molar-refractivity contribution is 0.0139. The molecule has 19 heavy (non-hydrogen) atoms. The van der Waals surface area contributed by atoms with Crippen LogP contribution >= 0.6 is 11.3 Å². The van der Waals surface area contributed by atoms with Crippen LogP contribution in [0.25, 0.3) is 0 Å². The van der Waals surface area contributed by atoms with Crippen molar-refractivity contribution in [2.45, 2.75) is 43.8 Å². The molecule has 2 heterocycles. The molecule has 0 amide bonds. The van der Waals surface area contributed by atoms with Crippen molar-refractivity contribution in [1.82, 2.24) is 9.80 Å². The third-order valence-corrected chi connectivity index (χ3v) is 5.49. The van der Waals surface area contributed by atoms with Crippen molar-refractivity contribution in [1.29, 1.82) is 0 Å². The topological polar surface area (TPSA) is 32.5 Å². The van der Waals surface area contributed by atoms with E-state index < -0.39 is 0 Å². The smallest absolute Gasteiger partial charge is 0.0465 e. The number of rotatable bonds is 5. The van der Waals surface area contributed by atoms with Gasteiger partial charge in [-0.3, -0.25) is 4.90 Å². The molecule has 0 bridgehead atoms. The van der Waals surface area contributed by atoms with E-state index in [1.807, 2.05) is 11.3 Å². The quantitative estimate of drug-likeness (QED) is 0.896. The molecule has 2 N–H and O–H groups in total. The van der Waals surface area contributed by atoms with Crippen molar-refractivity contribution in [3.05, 3.63) is 22.4 Å². The molecule has 1 aromatic heterocycles. The zero-order valence-corrected chi connectivity index (χ0v) is 12.7. The summed E-state index contributed by atoms with van der Waals surface area (Å²) in [6.45, 7) is 4.23. The molecule has 2 aliphatic rings. The third kappa shape index (κ3) is 2.87. The van der Waals surface area contributed by atoms with Gasteiger partial charge in [0, 0.05) is 36.1 Å². The van der Waals surface area contributed by atoms with Crippen LogP contribution in [0.3, 0.4) is 0 Å². The summed E-state index contributed by atoms with van der Waals surface area (Å²) in [6.07, 6.45) is 5.25. The molecular weight excluding hydrogens is 254 g/mol. The molecule has 1 atom stereocenters. The van der Waals surface area contributed by atoms with Gasteiger partial charge in [-0.15, -0.1) is 11.3 Å². The molecule has 1 aliphatic heterocycles. The summed E-state index contributed by atoms with van der Waals surface area (Å²) >= 11 is 1.87. The number of nitrogens with two attached hydrogens (primary N) is 1. The maximum absolute atomic E-state index is 6.23. The molecule has 3 nitrogen and oxygen atoms in total. The summed E-state index contributed by atoms with van der Waals surface area (Å²) in [5.74, 6) is 0. The molecule has 0 spiro atoms. The van der Waals surface area contributed by atoms with Crippen LogP contribution in [-0.2, 0) is 6.54 Å². The molecule has 1 aliphatic carbocycles. The standard InChI is InChI=1S/C15H25N3S/c1-17-8-3-7-15(11-16,12-17)18(13-5-6-13)10-14-4-2-9-19-14/h2,4,9,13H,3,5-8,10-12,16H2,1H3. The van der Waals surface area contributed by atoms with Crippen molar-refractivity contribution >= 4 is 11.3 Å². The predicted molar refractivity (Wildman–Crippen MR) is 81.4 cm³/mol. The van der Waals surface area contributed by atoms with Gasteiger partial charge in [-0.05, 0) is 50.7 Å².